The van der Waals surface area contributed by atoms with E-state index in [9.17, 15) is 19.2 Å². The lowest BCUT2D eigenvalue weighted by molar-refractivity contribution is -0.147. The minimum absolute atomic E-state index is 0.00639. The quantitative estimate of drug-likeness (QED) is 0.321. The molecule has 0 unspecified atom stereocenters. The molecule has 0 heterocycles. The highest BCUT2D eigenvalue weighted by atomic mass is 16.4. The normalized spacial score (nSPS) is 29.8. The number of carbonyl (C=O) groups excluding carboxylic acids is 2. The molecular weight excluding hydrogens is 390 g/mol. The molecule has 0 radical (unpaired) electrons. The molecule has 0 saturated heterocycles. The van der Waals surface area contributed by atoms with Crippen LogP contribution in [0.4, 0.5) is 4.79 Å². The zero-order chi connectivity index (χ0) is 21.7. The first kappa shape index (κ1) is 22.4. The molecule has 5 N–H and O–H groups in total. The number of rotatable bonds is 11. The van der Waals surface area contributed by atoms with Crippen molar-refractivity contribution >= 4 is 23.9 Å². The number of hydrogen-bond donors (Lipinski definition) is 5. The standard InChI is InChI=1S/C21H33N3O6/c25-17(23-16(19(28)29)9-18(26)27)4-2-1-3-5-22-20(30)24-21-10-13-6-14(11-21)8-15(7-13)12-21/h13-16H,1-12H2,(H,23,25)(H,26,27)(H,28,29)(H2,22,24,30)/t13?,14?,15?,16-,21?/m0/s1. The number of carbonyl (C=O) groups is 4. The maximum atomic E-state index is 12.4. The first-order chi connectivity index (χ1) is 14.2. The summed E-state index contributed by atoms with van der Waals surface area (Å²) in [6.07, 6.45) is 8.79. The number of unbranched alkanes of at least 4 members (excludes halogenated alkanes) is 2. The fourth-order valence-electron chi connectivity index (χ4n) is 5.98. The molecular formula is C21H33N3O6. The maximum absolute atomic E-state index is 12.4. The number of amides is 3. The van der Waals surface area contributed by atoms with Crippen LogP contribution in [0.25, 0.3) is 0 Å². The molecule has 1 atom stereocenters. The molecule has 0 aromatic heterocycles. The summed E-state index contributed by atoms with van der Waals surface area (Å²) in [6, 6.07) is -1.52. The lowest BCUT2D eigenvalue weighted by Gasteiger charge is -2.56. The maximum Gasteiger partial charge on any atom is 0.326 e. The van der Waals surface area contributed by atoms with Crippen molar-refractivity contribution in [3.8, 4) is 0 Å². The van der Waals surface area contributed by atoms with Crippen LogP contribution in [-0.2, 0) is 14.4 Å². The van der Waals surface area contributed by atoms with E-state index < -0.39 is 30.3 Å². The lowest BCUT2D eigenvalue weighted by atomic mass is 9.53. The summed E-state index contributed by atoms with van der Waals surface area (Å²) in [5, 5.41) is 26.0. The van der Waals surface area contributed by atoms with Gasteiger partial charge in [-0.05, 0) is 69.1 Å². The highest BCUT2D eigenvalue weighted by Crippen LogP contribution is 2.55. The Morgan fingerprint density at radius 1 is 0.900 bits per heavy atom. The Morgan fingerprint density at radius 3 is 2.03 bits per heavy atom. The highest BCUT2D eigenvalue weighted by Gasteiger charge is 2.51. The molecule has 0 aliphatic heterocycles. The van der Waals surface area contributed by atoms with Crippen molar-refractivity contribution in [3.05, 3.63) is 0 Å². The largest absolute Gasteiger partial charge is 0.481 e. The van der Waals surface area contributed by atoms with Gasteiger partial charge in [0.2, 0.25) is 5.91 Å². The first-order valence-corrected chi connectivity index (χ1v) is 11.0. The van der Waals surface area contributed by atoms with E-state index in [2.05, 4.69) is 16.0 Å². The van der Waals surface area contributed by atoms with Crippen molar-refractivity contribution in [1.82, 2.24) is 16.0 Å². The van der Waals surface area contributed by atoms with Gasteiger partial charge < -0.3 is 26.2 Å². The van der Waals surface area contributed by atoms with E-state index in [0.717, 1.165) is 43.4 Å². The predicted octanol–water partition coefficient (Wildman–Crippen LogP) is 1.86. The van der Waals surface area contributed by atoms with E-state index in [0.29, 0.717) is 19.4 Å². The van der Waals surface area contributed by atoms with E-state index >= 15 is 0 Å². The molecule has 4 saturated carbocycles. The van der Waals surface area contributed by atoms with Gasteiger partial charge in [-0.15, -0.1) is 0 Å². The molecule has 4 fully saturated rings. The van der Waals surface area contributed by atoms with E-state index in [1.54, 1.807) is 0 Å². The van der Waals surface area contributed by atoms with Gasteiger partial charge in [0.25, 0.3) is 0 Å². The number of hydrogen-bond acceptors (Lipinski definition) is 4. The second-order valence-corrected chi connectivity index (χ2v) is 9.45. The molecule has 4 aliphatic rings. The zero-order valence-corrected chi connectivity index (χ0v) is 17.3. The van der Waals surface area contributed by atoms with Gasteiger partial charge in [-0.1, -0.05) is 6.42 Å². The highest BCUT2D eigenvalue weighted by molar-refractivity contribution is 5.86. The third kappa shape index (κ3) is 6.09. The van der Waals surface area contributed by atoms with Crippen LogP contribution in [0.2, 0.25) is 0 Å². The topological polar surface area (TPSA) is 145 Å². The van der Waals surface area contributed by atoms with Crippen LogP contribution in [0.5, 0.6) is 0 Å². The average Bonchev–Trinajstić information content (AvgIpc) is 2.62. The number of aliphatic carboxylic acids is 2. The molecule has 30 heavy (non-hydrogen) atoms. The van der Waals surface area contributed by atoms with Crippen LogP contribution in [0, 0.1) is 17.8 Å². The summed E-state index contributed by atoms with van der Waals surface area (Å²) in [5.74, 6) is -0.784. The Labute approximate surface area is 176 Å². The first-order valence-electron chi connectivity index (χ1n) is 11.0. The van der Waals surface area contributed by atoms with Gasteiger partial charge in [0.05, 0.1) is 6.42 Å². The summed E-state index contributed by atoms with van der Waals surface area (Å²) in [6.45, 7) is 0.524. The van der Waals surface area contributed by atoms with Crippen LogP contribution >= 0.6 is 0 Å². The predicted molar refractivity (Wildman–Crippen MR) is 108 cm³/mol. The summed E-state index contributed by atoms with van der Waals surface area (Å²) in [7, 11) is 0. The van der Waals surface area contributed by atoms with E-state index in [4.69, 9.17) is 10.2 Å². The minimum Gasteiger partial charge on any atom is -0.481 e. The second kappa shape index (κ2) is 9.66. The molecule has 0 aromatic carbocycles. The number of urea groups is 1. The molecule has 4 rings (SSSR count). The Morgan fingerprint density at radius 2 is 1.50 bits per heavy atom. The van der Waals surface area contributed by atoms with Crippen molar-refractivity contribution in [2.45, 2.75) is 82.2 Å². The van der Waals surface area contributed by atoms with Gasteiger partial charge in [0.1, 0.15) is 6.04 Å². The molecule has 4 bridgehead atoms. The van der Waals surface area contributed by atoms with Crippen molar-refractivity contribution in [3.63, 3.8) is 0 Å². The smallest absolute Gasteiger partial charge is 0.326 e. The van der Waals surface area contributed by atoms with Gasteiger partial charge >= 0.3 is 18.0 Å². The monoisotopic (exact) mass is 423 g/mol. The Hall–Kier alpha value is -2.32. The summed E-state index contributed by atoms with van der Waals surface area (Å²) in [4.78, 5) is 45.7. The van der Waals surface area contributed by atoms with Gasteiger partial charge in [0, 0.05) is 18.5 Å². The lowest BCUT2D eigenvalue weighted by Crippen LogP contribution is -2.61. The van der Waals surface area contributed by atoms with Crippen LogP contribution in [-0.4, -0.2) is 52.2 Å². The minimum atomic E-state index is -1.41. The second-order valence-electron chi connectivity index (χ2n) is 9.45. The van der Waals surface area contributed by atoms with Crippen molar-refractivity contribution < 1.29 is 29.4 Å². The molecule has 168 valence electrons. The van der Waals surface area contributed by atoms with Crippen molar-refractivity contribution in [2.75, 3.05) is 6.54 Å². The van der Waals surface area contributed by atoms with E-state index in [-0.39, 0.29) is 18.0 Å². The Balaban J connectivity index is 1.27. The fourth-order valence-corrected chi connectivity index (χ4v) is 5.98. The summed E-state index contributed by atoms with van der Waals surface area (Å²) < 4.78 is 0. The molecule has 0 aromatic rings. The number of carboxylic acids is 2. The van der Waals surface area contributed by atoms with Gasteiger partial charge in [-0.3, -0.25) is 9.59 Å². The third-order valence-corrected chi connectivity index (χ3v) is 6.80. The summed E-state index contributed by atoms with van der Waals surface area (Å²) in [5.41, 5.74) is -0.00639. The SMILES string of the molecule is O=C(O)C[C@H](NC(=O)CCCCCNC(=O)NC12CC3CC(CC(C3)C1)C2)C(=O)O. The van der Waals surface area contributed by atoms with Gasteiger partial charge in [0.15, 0.2) is 0 Å². The Kier molecular flexibility index (Phi) is 7.20. The number of carboxylic acid groups (broad SMARTS) is 2. The van der Waals surface area contributed by atoms with E-state index in [1.165, 1.54) is 19.3 Å². The number of nitrogens with one attached hydrogen (secondary N) is 3. The Bertz CT molecular complexity index is 644. The van der Waals surface area contributed by atoms with Crippen LogP contribution in [0.3, 0.4) is 0 Å². The van der Waals surface area contributed by atoms with Gasteiger partial charge in [-0.25, -0.2) is 9.59 Å². The van der Waals surface area contributed by atoms with Crippen molar-refractivity contribution in [2.24, 2.45) is 17.8 Å². The third-order valence-electron chi connectivity index (χ3n) is 6.80. The summed E-state index contributed by atoms with van der Waals surface area (Å²) >= 11 is 0. The van der Waals surface area contributed by atoms with Crippen LogP contribution < -0.4 is 16.0 Å². The molecule has 0 spiro atoms. The molecule has 9 nitrogen and oxygen atoms in total. The van der Waals surface area contributed by atoms with Crippen LogP contribution in [0.15, 0.2) is 0 Å². The molecule has 3 amide bonds. The van der Waals surface area contributed by atoms with E-state index in [1.807, 2.05) is 0 Å². The fraction of sp³-hybridized carbons (Fsp3) is 0.810. The average molecular weight is 424 g/mol. The molecule has 9 heteroatoms. The van der Waals surface area contributed by atoms with Crippen LogP contribution in [0.1, 0.15) is 70.6 Å². The van der Waals surface area contributed by atoms with Crippen molar-refractivity contribution in [1.29, 1.82) is 0 Å². The van der Waals surface area contributed by atoms with Gasteiger partial charge in [-0.2, -0.15) is 0 Å². The molecule has 4 aliphatic carbocycles. The zero-order valence-electron chi connectivity index (χ0n) is 17.3.